The highest BCUT2D eigenvalue weighted by molar-refractivity contribution is 7.92. The van der Waals surface area contributed by atoms with Gasteiger partial charge in [-0.25, -0.2) is 8.42 Å². The molecule has 1 rings (SSSR count). The number of hydrogen-bond donors (Lipinski definition) is 2. The Labute approximate surface area is 109 Å². The number of benzene rings is 1. The monoisotopic (exact) mass is 271 g/mol. The highest BCUT2D eigenvalue weighted by atomic mass is 32.2. The molecule has 4 nitrogen and oxygen atoms in total. The Morgan fingerprint density at radius 2 is 2.06 bits per heavy atom. The molecule has 1 aromatic rings. The van der Waals surface area contributed by atoms with Crippen molar-refractivity contribution in [3.63, 3.8) is 0 Å². The number of nitrogens with one attached hydrogen (secondary N) is 1. The highest BCUT2D eigenvalue weighted by Gasteiger charge is 2.17. The lowest BCUT2D eigenvalue weighted by Crippen LogP contribution is -2.24. The van der Waals surface area contributed by atoms with Gasteiger partial charge in [0.1, 0.15) is 0 Å². The van der Waals surface area contributed by atoms with E-state index in [1.807, 2.05) is 32.0 Å². The molecule has 0 spiro atoms. The van der Waals surface area contributed by atoms with Gasteiger partial charge in [-0.1, -0.05) is 32.0 Å². The van der Waals surface area contributed by atoms with E-state index in [1.165, 1.54) is 0 Å². The smallest absolute Gasteiger partial charge is 0.233 e. The number of aryl methyl sites for hydroxylation is 2. The van der Waals surface area contributed by atoms with Crippen LogP contribution < -0.4 is 4.72 Å². The van der Waals surface area contributed by atoms with Crippen molar-refractivity contribution in [2.45, 2.75) is 27.2 Å². The molecule has 0 bridgehead atoms. The average molecular weight is 271 g/mol. The quantitative estimate of drug-likeness (QED) is 0.831. The molecule has 0 aliphatic carbocycles. The molecule has 0 radical (unpaired) electrons. The van der Waals surface area contributed by atoms with Crippen molar-refractivity contribution in [3.8, 4) is 0 Å². The molecular weight excluding hydrogens is 250 g/mol. The Kier molecular flexibility index (Phi) is 5.16. The first-order valence-corrected chi connectivity index (χ1v) is 7.74. The van der Waals surface area contributed by atoms with Gasteiger partial charge in [-0.15, -0.1) is 0 Å². The van der Waals surface area contributed by atoms with Crippen molar-refractivity contribution >= 4 is 15.7 Å². The lowest BCUT2D eigenvalue weighted by molar-refractivity contribution is 0.249. The second-order valence-corrected chi connectivity index (χ2v) is 6.40. The van der Waals surface area contributed by atoms with E-state index in [0.717, 1.165) is 17.5 Å². The second-order valence-electron chi connectivity index (χ2n) is 4.63. The van der Waals surface area contributed by atoms with Crippen LogP contribution in [0.3, 0.4) is 0 Å². The molecule has 0 amide bonds. The number of rotatable bonds is 6. The largest absolute Gasteiger partial charge is 0.396 e. The third-order valence-electron chi connectivity index (χ3n) is 2.81. The van der Waals surface area contributed by atoms with Crippen molar-refractivity contribution in [2.24, 2.45) is 5.92 Å². The van der Waals surface area contributed by atoms with Crippen molar-refractivity contribution in [1.29, 1.82) is 0 Å². The first-order valence-electron chi connectivity index (χ1n) is 6.09. The van der Waals surface area contributed by atoms with E-state index in [0.29, 0.717) is 5.69 Å². The van der Waals surface area contributed by atoms with E-state index in [9.17, 15) is 8.42 Å². The van der Waals surface area contributed by atoms with Gasteiger partial charge in [-0.2, -0.15) is 0 Å². The van der Waals surface area contributed by atoms with Gasteiger partial charge >= 0.3 is 0 Å². The molecule has 0 saturated carbocycles. The SMILES string of the molecule is CCc1cccc(C)c1NS(=O)(=O)CC(C)CO. The third kappa shape index (κ3) is 3.99. The van der Waals surface area contributed by atoms with Crippen LogP contribution in [0, 0.1) is 12.8 Å². The Morgan fingerprint density at radius 1 is 1.39 bits per heavy atom. The van der Waals surface area contributed by atoms with E-state index < -0.39 is 10.0 Å². The van der Waals surface area contributed by atoms with Gasteiger partial charge in [0.2, 0.25) is 10.0 Å². The maximum Gasteiger partial charge on any atom is 0.233 e. The van der Waals surface area contributed by atoms with Gasteiger partial charge in [0.15, 0.2) is 0 Å². The van der Waals surface area contributed by atoms with Crippen molar-refractivity contribution in [2.75, 3.05) is 17.1 Å². The summed E-state index contributed by atoms with van der Waals surface area (Å²) >= 11 is 0. The fourth-order valence-electron chi connectivity index (χ4n) is 1.79. The summed E-state index contributed by atoms with van der Waals surface area (Å²) in [6.07, 6.45) is 0.773. The molecule has 18 heavy (non-hydrogen) atoms. The summed E-state index contributed by atoms with van der Waals surface area (Å²) in [6.45, 7) is 5.45. The molecule has 102 valence electrons. The highest BCUT2D eigenvalue weighted by Crippen LogP contribution is 2.22. The Balaban J connectivity index is 2.97. The minimum atomic E-state index is -3.41. The Bertz CT molecular complexity index is 497. The van der Waals surface area contributed by atoms with Crippen molar-refractivity contribution in [1.82, 2.24) is 0 Å². The molecule has 0 aliphatic rings. The summed E-state index contributed by atoms with van der Waals surface area (Å²) < 4.78 is 26.6. The molecule has 5 heteroatoms. The zero-order valence-electron chi connectivity index (χ0n) is 11.1. The maximum absolute atomic E-state index is 12.0. The van der Waals surface area contributed by atoms with Gasteiger partial charge in [-0.05, 0) is 30.4 Å². The molecule has 0 aliphatic heterocycles. The minimum absolute atomic E-state index is 0.0685. The summed E-state index contributed by atoms with van der Waals surface area (Å²) in [6, 6.07) is 5.72. The molecule has 0 fully saturated rings. The number of sulfonamides is 1. The van der Waals surface area contributed by atoms with E-state index in [2.05, 4.69) is 4.72 Å². The van der Waals surface area contributed by atoms with Crippen LogP contribution >= 0.6 is 0 Å². The van der Waals surface area contributed by atoms with Crippen molar-refractivity contribution < 1.29 is 13.5 Å². The van der Waals surface area contributed by atoms with Crippen LogP contribution in [0.4, 0.5) is 5.69 Å². The number of aliphatic hydroxyl groups is 1. The fourth-order valence-corrected chi connectivity index (χ4v) is 3.33. The summed E-state index contributed by atoms with van der Waals surface area (Å²) in [7, 11) is -3.41. The first kappa shape index (κ1) is 15.0. The Hall–Kier alpha value is -1.07. The minimum Gasteiger partial charge on any atom is -0.396 e. The number of anilines is 1. The van der Waals surface area contributed by atoms with Crippen molar-refractivity contribution in [3.05, 3.63) is 29.3 Å². The lowest BCUT2D eigenvalue weighted by Gasteiger charge is -2.16. The number of hydrogen-bond acceptors (Lipinski definition) is 3. The normalized spacial score (nSPS) is 13.3. The van der Waals surface area contributed by atoms with Crippen LogP contribution in [-0.2, 0) is 16.4 Å². The zero-order valence-corrected chi connectivity index (χ0v) is 11.9. The summed E-state index contributed by atoms with van der Waals surface area (Å²) in [5.41, 5.74) is 2.56. The molecule has 1 aromatic carbocycles. The number of para-hydroxylation sites is 1. The van der Waals surface area contributed by atoms with Gasteiger partial charge in [-0.3, -0.25) is 4.72 Å². The molecule has 0 heterocycles. The standard InChI is InChI=1S/C13H21NO3S/c1-4-12-7-5-6-11(3)13(12)14-18(16,17)9-10(2)8-15/h5-7,10,14-15H,4,8-9H2,1-3H3. The summed E-state index contributed by atoms with van der Waals surface area (Å²) in [5, 5.41) is 8.93. The van der Waals surface area contributed by atoms with Gasteiger partial charge in [0, 0.05) is 6.61 Å². The van der Waals surface area contributed by atoms with Crippen LogP contribution in [0.1, 0.15) is 25.0 Å². The van der Waals surface area contributed by atoms with Gasteiger partial charge < -0.3 is 5.11 Å². The van der Waals surface area contributed by atoms with Crippen LogP contribution in [0.2, 0.25) is 0 Å². The third-order valence-corrected chi connectivity index (χ3v) is 4.34. The molecule has 0 aromatic heterocycles. The van der Waals surface area contributed by atoms with Crippen LogP contribution in [0.15, 0.2) is 18.2 Å². The molecule has 0 saturated heterocycles. The fraction of sp³-hybridized carbons (Fsp3) is 0.538. The molecule has 1 unspecified atom stereocenters. The molecule has 2 N–H and O–H groups in total. The van der Waals surface area contributed by atoms with E-state index in [-0.39, 0.29) is 18.3 Å². The van der Waals surface area contributed by atoms with Gasteiger partial charge in [0.05, 0.1) is 11.4 Å². The van der Waals surface area contributed by atoms with E-state index in [1.54, 1.807) is 6.92 Å². The number of aliphatic hydroxyl groups excluding tert-OH is 1. The van der Waals surface area contributed by atoms with Gasteiger partial charge in [0.25, 0.3) is 0 Å². The predicted octanol–water partition coefficient (Wildman–Crippen LogP) is 1.93. The topological polar surface area (TPSA) is 66.4 Å². The summed E-state index contributed by atoms with van der Waals surface area (Å²) in [5.74, 6) is -0.336. The maximum atomic E-state index is 12.0. The first-order chi connectivity index (χ1) is 8.39. The average Bonchev–Trinajstić information content (AvgIpc) is 2.30. The molecular formula is C13H21NO3S. The van der Waals surface area contributed by atoms with E-state index >= 15 is 0 Å². The van der Waals surface area contributed by atoms with E-state index in [4.69, 9.17) is 5.11 Å². The molecule has 1 atom stereocenters. The summed E-state index contributed by atoms with van der Waals surface area (Å²) in [4.78, 5) is 0. The van der Waals surface area contributed by atoms with Crippen LogP contribution in [-0.4, -0.2) is 25.9 Å². The predicted molar refractivity (Wildman–Crippen MR) is 74.2 cm³/mol. The van der Waals surface area contributed by atoms with Crippen LogP contribution in [0.5, 0.6) is 0 Å². The van der Waals surface area contributed by atoms with Crippen LogP contribution in [0.25, 0.3) is 0 Å². The lowest BCUT2D eigenvalue weighted by atomic mass is 10.1. The Morgan fingerprint density at radius 3 is 2.61 bits per heavy atom. The zero-order chi connectivity index (χ0) is 13.8. The second kappa shape index (κ2) is 6.20.